The molecule has 0 saturated carbocycles. The van der Waals surface area contributed by atoms with Crippen LogP contribution < -0.4 is 15.2 Å². The summed E-state index contributed by atoms with van der Waals surface area (Å²) in [6, 6.07) is 3.90. The lowest BCUT2D eigenvalue weighted by Crippen LogP contribution is -2.20. The van der Waals surface area contributed by atoms with Gasteiger partial charge in [0.15, 0.2) is 11.5 Å². The molecule has 0 bridgehead atoms. The second kappa shape index (κ2) is 7.58. The van der Waals surface area contributed by atoms with Crippen LogP contribution in [0.4, 0.5) is 0 Å². The number of ether oxygens (including phenoxy) is 2. The van der Waals surface area contributed by atoms with Gasteiger partial charge >= 0.3 is 0 Å². The summed E-state index contributed by atoms with van der Waals surface area (Å²) in [5, 5.41) is 0.564. The Morgan fingerprint density at radius 1 is 1.37 bits per heavy atom. The van der Waals surface area contributed by atoms with E-state index in [9.17, 15) is 0 Å². The molecule has 108 valence electrons. The molecule has 5 heteroatoms. The van der Waals surface area contributed by atoms with Crippen LogP contribution in [0.2, 0.25) is 5.02 Å². The molecule has 1 aromatic rings. The third-order valence-corrected chi connectivity index (χ3v) is 2.91. The van der Waals surface area contributed by atoms with Gasteiger partial charge in [-0.25, -0.2) is 0 Å². The lowest BCUT2D eigenvalue weighted by atomic mass is 10.1. The smallest absolute Gasteiger partial charge is 0.179 e. The molecule has 0 radical (unpaired) electrons. The average Bonchev–Trinajstić information content (AvgIpc) is 2.30. The van der Waals surface area contributed by atoms with Crippen LogP contribution in [-0.4, -0.2) is 45.3 Å². The zero-order valence-corrected chi connectivity index (χ0v) is 12.8. The number of hydrogen-bond donors (Lipinski definition) is 1. The van der Waals surface area contributed by atoms with Crippen LogP contribution in [0, 0.1) is 0 Å². The van der Waals surface area contributed by atoms with E-state index in [1.165, 1.54) is 0 Å². The van der Waals surface area contributed by atoms with Crippen LogP contribution in [0.1, 0.15) is 12.5 Å². The van der Waals surface area contributed by atoms with Gasteiger partial charge in [0.25, 0.3) is 0 Å². The Kier molecular flexibility index (Phi) is 6.42. The van der Waals surface area contributed by atoms with Gasteiger partial charge in [-0.3, -0.25) is 0 Å². The SMILES string of the molecule is COc1cc(CC(C)N)cc(Cl)c1OCCN(C)C. The van der Waals surface area contributed by atoms with E-state index in [1.807, 2.05) is 38.1 Å². The van der Waals surface area contributed by atoms with E-state index in [1.54, 1.807) is 7.11 Å². The molecular formula is C14H23ClN2O2. The molecule has 1 unspecified atom stereocenters. The summed E-state index contributed by atoms with van der Waals surface area (Å²) in [7, 11) is 5.60. The molecule has 0 aliphatic rings. The molecule has 0 fully saturated rings. The second-order valence-corrected chi connectivity index (χ2v) is 5.35. The number of methoxy groups -OCH3 is 1. The standard InChI is InChI=1S/C14H23ClN2O2/c1-10(16)7-11-8-12(15)14(13(9-11)18-4)19-6-5-17(2)3/h8-10H,5-7,16H2,1-4H3. The molecule has 2 N–H and O–H groups in total. The first kappa shape index (κ1) is 16.1. The first-order valence-electron chi connectivity index (χ1n) is 6.33. The fourth-order valence-corrected chi connectivity index (χ4v) is 2.02. The topological polar surface area (TPSA) is 47.7 Å². The summed E-state index contributed by atoms with van der Waals surface area (Å²) in [6.07, 6.45) is 0.758. The van der Waals surface area contributed by atoms with Crippen molar-refractivity contribution in [3.63, 3.8) is 0 Å². The zero-order valence-electron chi connectivity index (χ0n) is 12.1. The van der Waals surface area contributed by atoms with E-state index in [-0.39, 0.29) is 6.04 Å². The van der Waals surface area contributed by atoms with Gasteiger partial charge in [-0.1, -0.05) is 11.6 Å². The van der Waals surface area contributed by atoms with Crippen LogP contribution in [0.25, 0.3) is 0 Å². The Morgan fingerprint density at radius 2 is 2.05 bits per heavy atom. The van der Waals surface area contributed by atoms with Crippen molar-refractivity contribution in [1.29, 1.82) is 0 Å². The van der Waals surface area contributed by atoms with Gasteiger partial charge < -0.3 is 20.1 Å². The fourth-order valence-electron chi connectivity index (χ4n) is 1.73. The van der Waals surface area contributed by atoms with E-state index < -0.39 is 0 Å². The van der Waals surface area contributed by atoms with E-state index in [0.717, 1.165) is 18.5 Å². The minimum absolute atomic E-state index is 0.0845. The third kappa shape index (κ3) is 5.27. The predicted octanol–water partition coefficient (Wildman–Crippen LogP) is 2.18. The van der Waals surface area contributed by atoms with Crippen LogP contribution in [0.5, 0.6) is 11.5 Å². The number of benzene rings is 1. The lowest BCUT2D eigenvalue weighted by molar-refractivity contribution is 0.250. The zero-order chi connectivity index (χ0) is 14.4. The van der Waals surface area contributed by atoms with Crippen LogP contribution in [-0.2, 0) is 6.42 Å². The van der Waals surface area contributed by atoms with Gasteiger partial charge in [-0.15, -0.1) is 0 Å². The number of rotatable bonds is 7. The third-order valence-electron chi connectivity index (χ3n) is 2.63. The van der Waals surface area contributed by atoms with Crippen molar-refractivity contribution in [2.24, 2.45) is 5.73 Å². The normalized spacial score (nSPS) is 12.6. The van der Waals surface area contributed by atoms with E-state index in [0.29, 0.717) is 23.1 Å². The van der Waals surface area contributed by atoms with Crippen molar-refractivity contribution < 1.29 is 9.47 Å². The number of nitrogens with two attached hydrogens (primary N) is 1. The monoisotopic (exact) mass is 286 g/mol. The Labute approximate surface area is 120 Å². The number of halogens is 1. The van der Waals surface area contributed by atoms with Gasteiger partial charge in [0.2, 0.25) is 0 Å². The molecule has 1 atom stereocenters. The highest BCUT2D eigenvalue weighted by molar-refractivity contribution is 6.32. The first-order chi connectivity index (χ1) is 8.93. The molecule has 1 rings (SSSR count). The van der Waals surface area contributed by atoms with Crippen molar-refractivity contribution >= 4 is 11.6 Å². The van der Waals surface area contributed by atoms with Crippen molar-refractivity contribution in [2.75, 3.05) is 34.4 Å². The molecule has 4 nitrogen and oxygen atoms in total. The Balaban J connectivity index is 2.85. The molecule has 19 heavy (non-hydrogen) atoms. The number of likely N-dealkylation sites (N-methyl/N-ethyl adjacent to an activating group) is 1. The number of hydrogen-bond acceptors (Lipinski definition) is 4. The highest BCUT2D eigenvalue weighted by atomic mass is 35.5. The van der Waals surface area contributed by atoms with Crippen molar-refractivity contribution in [2.45, 2.75) is 19.4 Å². The quantitative estimate of drug-likeness (QED) is 0.835. The maximum absolute atomic E-state index is 6.25. The maximum Gasteiger partial charge on any atom is 0.179 e. The summed E-state index contributed by atoms with van der Waals surface area (Å²) in [6.45, 7) is 3.35. The molecule has 0 saturated heterocycles. The average molecular weight is 287 g/mol. The largest absolute Gasteiger partial charge is 0.493 e. The summed E-state index contributed by atoms with van der Waals surface area (Å²) in [5.41, 5.74) is 6.85. The van der Waals surface area contributed by atoms with Gasteiger partial charge in [0.1, 0.15) is 6.61 Å². The van der Waals surface area contributed by atoms with E-state index in [4.69, 9.17) is 26.8 Å². The predicted molar refractivity (Wildman–Crippen MR) is 79.4 cm³/mol. The van der Waals surface area contributed by atoms with Gasteiger partial charge in [-0.2, -0.15) is 0 Å². The van der Waals surface area contributed by atoms with Crippen molar-refractivity contribution in [3.05, 3.63) is 22.7 Å². The van der Waals surface area contributed by atoms with Gasteiger partial charge in [-0.05, 0) is 45.1 Å². The summed E-state index contributed by atoms with van der Waals surface area (Å²) in [5.74, 6) is 1.25. The van der Waals surface area contributed by atoms with Gasteiger partial charge in [0.05, 0.1) is 12.1 Å². The minimum Gasteiger partial charge on any atom is -0.493 e. The Hall–Kier alpha value is -0.970. The molecule has 0 aliphatic carbocycles. The first-order valence-corrected chi connectivity index (χ1v) is 6.71. The van der Waals surface area contributed by atoms with Crippen LogP contribution in [0.15, 0.2) is 12.1 Å². The van der Waals surface area contributed by atoms with Crippen molar-refractivity contribution in [1.82, 2.24) is 4.90 Å². The summed E-state index contributed by atoms with van der Waals surface area (Å²) in [4.78, 5) is 2.05. The molecular weight excluding hydrogens is 264 g/mol. The number of nitrogens with zero attached hydrogens (tertiary/aromatic N) is 1. The Bertz CT molecular complexity index is 409. The highest BCUT2D eigenvalue weighted by Crippen LogP contribution is 2.36. The highest BCUT2D eigenvalue weighted by Gasteiger charge is 2.12. The van der Waals surface area contributed by atoms with E-state index in [2.05, 4.69) is 0 Å². The fraction of sp³-hybridized carbons (Fsp3) is 0.571. The minimum atomic E-state index is 0.0845. The maximum atomic E-state index is 6.25. The second-order valence-electron chi connectivity index (χ2n) is 4.94. The molecule has 1 aromatic carbocycles. The molecule has 0 heterocycles. The summed E-state index contributed by atoms with van der Waals surface area (Å²) < 4.78 is 11.0. The van der Waals surface area contributed by atoms with Crippen LogP contribution in [0.3, 0.4) is 0 Å². The molecule has 0 aliphatic heterocycles. The lowest BCUT2D eigenvalue weighted by Gasteiger charge is -2.16. The molecule has 0 amide bonds. The van der Waals surface area contributed by atoms with Crippen molar-refractivity contribution in [3.8, 4) is 11.5 Å². The van der Waals surface area contributed by atoms with Crippen LogP contribution >= 0.6 is 11.6 Å². The Morgan fingerprint density at radius 3 is 2.58 bits per heavy atom. The summed E-state index contributed by atoms with van der Waals surface area (Å²) >= 11 is 6.25. The van der Waals surface area contributed by atoms with E-state index >= 15 is 0 Å². The molecule has 0 spiro atoms. The van der Waals surface area contributed by atoms with Gasteiger partial charge in [0, 0.05) is 12.6 Å². The molecule has 0 aromatic heterocycles.